The van der Waals surface area contributed by atoms with Gasteiger partial charge in [-0.15, -0.1) is 18.5 Å². The Kier molecular flexibility index (Phi) is 21.0. The minimum atomic E-state index is -0.454. The largest absolute Gasteiger partial charge is 0.589 e. The van der Waals surface area contributed by atoms with Gasteiger partial charge >= 0.3 is 0 Å². The summed E-state index contributed by atoms with van der Waals surface area (Å²) in [5.74, 6) is -0.928. The van der Waals surface area contributed by atoms with Crippen molar-refractivity contribution in [2.24, 2.45) is 0 Å². The fourth-order valence-electron chi connectivity index (χ4n) is 0.682. The van der Waals surface area contributed by atoms with Gasteiger partial charge in [-0.1, -0.05) is 6.92 Å². The maximum Gasteiger partial charge on any atom is 0.219 e. The van der Waals surface area contributed by atoms with Crippen molar-refractivity contribution in [2.75, 3.05) is 0 Å². The Morgan fingerprint density at radius 1 is 1.27 bits per heavy atom. The number of nitrogens with one attached hydrogen (secondary N) is 2. The average Bonchev–Trinajstić information content (AvgIpc) is 2.73. The number of amides is 4. The minimum absolute atomic E-state index is 0. The van der Waals surface area contributed by atoms with Gasteiger partial charge in [-0.3, -0.25) is 4.79 Å². The van der Waals surface area contributed by atoms with Crippen molar-refractivity contribution in [3.63, 3.8) is 0 Å². The molecule has 1 aliphatic rings. The van der Waals surface area contributed by atoms with E-state index < -0.39 is 11.8 Å². The second kappa shape index (κ2) is 17.3. The molecule has 2 N–H and O–H groups in total. The number of nitrogens with zero attached hydrogens (tertiary/aromatic N) is 1. The summed E-state index contributed by atoms with van der Waals surface area (Å²) in [5.41, 5.74) is -0.662. The molecular formula is C10H15B2N3O4P2Y-2. The van der Waals surface area contributed by atoms with E-state index >= 15 is 0 Å². The first-order chi connectivity index (χ1) is 9.72. The van der Waals surface area contributed by atoms with E-state index in [-0.39, 0.29) is 50.0 Å². The quantitative estimate of drug-likeness (QED) is 0.198. The summed E-state index contributed by atoms with van der Waals surface area (Å²) in [5, 5.41) is 7.64. The van der Waals surface area contributed by atoms with Crippen LogP contribution >= 0.6 is 18.5 Å². The molecule has 1 aliphatic heterocycles. The Balaban J connectivity index is -0.000000243. The molecule has 22 heavy (non-hydrogen) atoms. The molecule has 12 heteroatoms. The number of carbonyl (C=O) groups excluding carboxylic acids is 4. The van der Waals surface area contributed by atoms with E-state index in [4.69, 9.17) is 15.7 Å². The second-order valence-corrected chi connectivity index (χ2v) is 4.78. The van der Waals surface area contributed by atoms with E-state index in [1.807, 2.05) is 0 Å². The topological polar surface area (TPSA) is 106 Å². The van der Waals surface area contributed by atoms with E-state index in [0.29, 0.717) is 6.42 Å². The van der Waals surface area contributed by atoms with Crippen LogP contribution in [0, 0.1) is 0 Å². The summed E-state index contributed by atoms with van der Waals surface area (Å²) < 4.78 is 0. The molecule has 4 atom stereocenters. The SMILES string of the molecule is O=C1C=CC(=O)[N-]1.[B]C(P)NC(=O)CC.[B]C(P)N[C-]=O.[Y]. The maximum atomic E-state index is 10.4. The Labute approximate surface area is 162 Å². The number of hydrogen-bond donors (Lipinski definition) is 2. The predicted octanol–water partition coefficient (Wildman–Crippen LogP) is -1.21. The van der Waals surface area contributed by atoms with Crippen LogP contribution in [0.15, 0.2) is 12.2 Å². The Morgan fingerprint density at radius 3 is 1.82 bits per heavy atom. The molecule has 7 nitrogen and oxygen atoms in total. The smallest absolute Gasteiger partial charge is 0.219 e. The number of carbonyl (C=O) groups is 3. The van der Waals surface area contributed by atoms with Crippen LogP contribution in [-0.2, 0) is 51.9 Å². The molecule has 0 bridgehead atoms. The Hall–Kier alpha value is -0.0862. The van der Waals surface area contributed by atoms with Crippen molar-refractivity contribution < 1.29 is 51.9 Å². The van der Waals surface area contributed by atoms with Crippen molar-refractivity contribution in [1.82, 2.24) is 10.6 Å². The van der Waals surface area contributed by atoms with E-state index in [1.54, 1.807) is 6.92 Å². The summed E-state index contributed by atoms with van der Waals surface area (Å²) in [7, 11) is 14.7. The molecule has 115 valence electrons. The molecule has 0 saturated carbocycles. The zero-order chi connectivity index (χ0) is 16.8. The molecule has 0 saturated heterocycles. The fourth-order valence-corrected chi connectivity index (χ4v) is 0.936. The molecule has 4 unspecified atom stereocenters. The van der Waals surface area contributed by atoms with Gasteiger partial charge in [0.2, 0.25) is 5.91 Å². The fraction of sp³-hybridized carbons (Fsp3) is 0.400. The zero-order valence-electron chi connectivity index (χ0n) is 12.0. The third-order valence-electron chi connectivity index (χ3n) is 1.46. The Morgan fingerprint density at radius 2 is 1.73 bits per heavy atom. The third kappa shape index (κ3) is 22.2. The first kappa shape index (κ1) is 26.8. The van der Waals surface area contributed by atoms with E-state index in [0.717, 1.165) is 12.2 Å². The van der Waals surface area contributed by atoms with Gasteiger partial charge in [0.25, 0.3) is 0 Å². The minimum Gasteiger partial charge on any atom is -0.589 e. The van der Waals surface area contributed by atoms with Crippen molar-refractivity contribution in [3.8, 4) is 0 Å². The van der Waals surface area contributed by atoms with Crippen molar-refractivity contribution in [1.29, 1.82) is 0 Å². The summed E-state index contributed by atoms with van der Waals surface area (Å²) >= 11 is 0. The Bertz CT molecular complexity index is 382. The number of hydrogen-bond acceptors (Lipinski definition) is 4. The van der Waals surface area contributed by atoms with E-state index in [2.05, 4.69) is 34.4 Å². The van der Waals surface area contributed by atoms with E-state index in [1.165, 1.54) is 6.41 Å². The molecule has 0 fully saturated rings. The van der Waals surface area contributed by atoms with Crippen molar-refractivity contribution in [3.05, 3.63) is 17.5 Å². The third-order valence-corrected chi connectivity index (χ3v) is 1.80. The van der Waals surface area contributed by atoms with Crippen LogP contribution in [0.1, 0.15) is 13.3 Å². The van der Waals surface area contributed by atoms with Crippen LogP contribution in [0.2, 0.25) is 0 Å². The first-order valence-electron chi connectivity index (χ1n) is 5.65. The molecule has 0 aromatic rings. The van der Waals surface area contributed by atoms with Crippen LogP contribution < -0.4 is 10.6 Å². The normalized spacial score (nSPS) is 13.8. The predicted molar refractivity (Wildman–Crippen MR) is 88.3 cm³/mol. The molecule has 0 aromatic carbocycles. The summed E-state index contributed by atoms with van der Waals surface area (Å²) in [6, 6.07) is 0. The van der Waals surface area contributed by atoms with E-state index in [9.17, 15) is 19.2 Å². The van der Waals surface area contributed by atoms with Crippen LogP contribution in [-0.4, -0.2) is 51.2 Å². The van der Waals surface area contributed by atoms with Crippen molar-refractivity contribution in [2.45, 2.75) is 24.7 Å². The van der Waals surface area contributed by atoms with Crippen LogP contribution in [0.5, 0.6) is 0 Å². The number of imide groups is 1. The average molecular weight is 414 g/mol. The van der Waals surface area contributed by atoms with Gasteiger partial charge in [-0.25, -0.2) is 0 Å². The van der Waals surface area contributed by atoms with Gasteiger partial charge in [-0.2, -0.15) is 6.41 Å². The van der Waals surface area contributed by atoms with Crippen LogP contribution in [0.25, 0.3) is 5.32 Å². The zero-order valence-corrected chi connectivity index (χ0v) is 17.1. The van der Waals surface area contributed by atoms with Gasteiger partial charge in [-0.05, 0) is 17.8 Å². The van der Waals surface area contributed by atoms with Gasteiger partial charge in [0, 0.05) is 44.8 Å². The molecular weight excluding hydrogens is 399 g/mol. The molecule has 1 heterocycles. The monoisotopic (exact) mass is 414 g/mol. The first-order valence-corrected chi connectivity index (χ1v) is 6.98. The van der Waals surface area contributed by atoms with Gasteiger partial charge < -0.3 is 30.3 Å². The van der Waals surface area contributed by atoms with Gasteiger partial charge in [0.05, 0.1) is 11.8 Å². The second-order valence-electron chi connectivity index (χ2n) is 3.34. The molecule has 0 aliphatic carbocycles. The van der Waals surface area contributed by atoms with Gasteiger partial charge in [0.15, 0.2) is 0 Å². The summed E-state index contributed by atoms with van der Waals surface area (Å²) in [4.78, 5) is 39.7. The standard InChI is InChI=1S/C4H9BNOP.C4H3NO2.C2H4BNOP.Y/c1-2-3(7)6-4(5)8;6-3-1-2-4(7)5-3;3-2(6)4-1-5;/h4H,2,8H2,1H3,(H,6,7);1-2H,(H,5,6,7);2H,6H2,(H,4,5);/q;;-1;/p-1. The molecule has 4 amide bonds. The van der Waals surface area contributed by atoms with Crippen LogP contribution in [0.3, 0.4) is 0 Å². The summed E-state index contributed by atoms with van der Waals surface area (Å²) in [6.45, 7) is 1.78. The molecule has 5 radical (unpaired) electrons. The molecule has 0 aromatic heterocycles. The molecule has 0 spiro atoms. The van der Waals surface area contributed by atoms with Crippen molar-refractivity contribution >= 4 is 58.3 Å². The van der Waals surface area contributed by atoms with Crippen LogP contribution in [0.4, 0.5) is 0 Å². The van der Waals surface area contributed by atoms with Gasteiger partial charge in [0.1, 0.15) is 15.7 Å². The summed E-state index contributed by atoms with van der Waals surface area (Å²) in [6.07, 6.45) is 4.19. The maximum absolute atomic E-state index is 10.4. The molecule has 1 rings (SSSR count). The number of rotatable bonds is 4.